The van der Waals surface area contributed by atoms with Gasteiger partial charge in [-0.3, -0.25) is 4.79 Å². The van der Waals surface area contributed by atoms with Crippen molar-refractivity contribution >= 4 is 28.7 Å². The van der Waals surface area contributed by atoms with E-state index in [0.717, 1.165) is 66.5 Å². The number of anilines is 2. The van der Waals surface area contributed by atoms with Crippen molar-refractivity contribution in [3.8, 4) is 0 Å². The average molecular weight is 388 g/mol. The van der Waals surface area contributed by atoms with Gasteiger partial charge in [0.15, 0.2) is 5.82 Å². The zero-order valence-electron chi connectivity index (χ0n) is 15.7. The minimum atomic E-state index is 0.0888. The summed E-state index contributed by atoms with van der Waals surface area (Å²) in [6.07, 6.45) is 1.81. The van der Waals surface area contributed by atoms with Crippen LogP contribution in [0.15, 0.2) is 12.3 Å². The van der Waals surface area contributed by atoms with Gasteiger partial charge in [-0.15, -0.1) is 16.4 Å². The van der Waals surface area contributed by atoms with Gasteiger partial charge in [0.25, 0.3) is 5.91 Å². The van der Waals surface area contributed by atoms with Gasteiger partial charge in [-0.05, 0) is 13.8 Å². The Morgan fingerprint density at radius 3 is 2.48 bits per heavy atom. The molecule has 0 N–H and O–H groups in total. The lowest BCUT2D eigenvalue weighted by Crippen LogP contribution is -2.49. The van der Waals surface area contributed by atoms with Crippen molar-refractivity contribution < 1.29 is 9.53 Å². The van der Waals surface area contributed by atoms with E-state index in [0.29, 0.717) is 13.1 Å². The number of nitrogens with zero attached hydrogens (tertiary/aromatic N) is 6. The number of piperazine rings is 1. The number of carbonyl (C=O) groups excluding carboxylic acids is 1. The number of hydrogen-bond donors (Lipinski definition) is 0. The molecule has 0 aromatic carbocycles. The third-order valence-corrected chi connectivity index (χ3v) is 6.05. The molecule has 0 aliphatic carbocycles. The summed E-state index contributed by atoms with van der Waals surface area (Å²) in [4.78, 5) is 24.3. The molecule has 0 radical (unpaired) electrons. The highest BCUT2D eigenvalue weighted by atomic mass is 32.1. The summed E-state index contributed by atoms with van der Waals surface area (Å²) in [6.45, 7) is 9.95. The standard InChI is InChI=1S/C18H24N6O2S/c1-13-17(27-14(2)20-13)18(25)24-5-3-23(4-6-24)16-11-15(12-19-21-16)22-7-9-26-10-8-22/h11-12H,3-10H2,1-2H3. The third-order valence-electron chi connectivity index (χ3n) is 4.99. The molecule has 1 amide bonds. The van der Waals surface area contributed by atoms with Crippen LogP contribution in [-0.4, -0.2) is 78.5 Å². The van der Waals surface area contributed by atoms with Crippen LogP contribution >= 0.6 is 11.3 Å². The number of carbonyl (C=O) groups is 1. The molecule has 2 aromatic heterocycles. The summed E-state index contributed by atoms with van der Waals surface area (Å²) in [5, 5.41) is 9.43. The Morgan fingerprint density at radius 2 is 1.81 bits per heavy atom. The van der Waals surface area contributed by atoms with E-state index in [1.54, 1.807) is 0 Å². The lowest BCUT2D eigenvalue weighted by Gasteiger charge is -2.35. The smallest absolute Gasteiger partial charge is 0.265 e. The van der Waals surface area contributed by atoms with E-state index in [1.165, 1.54) is 11.3 Å². The Hall–Kier alpha value is -2.26. The first kappa shape index (κ1) is 18.1. The molecule has 2 fully saturated rings. The van der Waals surface area contributed by atoms with E-state index in [4.69, 9.17) is 4.74 Å². The molecule has 2 saturated heterocycles. The number of amides is 1. The molecule has 0 spiro atoms. The molecule has 27 heavy (non-hydrogen) atoms. The largest absolute Gasteiger partial charge is 0.378 e. The van der Waals surface area contributed by atoms with Crippen molar-refractivity contribution in [1.29, 1.82) is 0 Å². The Balaban J connectivity index is 1.40. The van der Waals surface area contributed by atoms with Crippen molar-refractivity contribution in [2.75, 3.05) is 62.3 Å². The topological polar surface area (TPSA) is 74.7 Å². The first-order valence-electron chi connectivity index (χ1n) is 9.25. The van der Waals surface area contributed by atoms with Gasteiger partial charge in [0.1, 0.15) is 4.88 Å². The Morgan fingerprint density at radius 1 is 1.07 bits per heavy atom. The van der Waals surface area contributed by atoms with Gasteiger partial charge in [0, 0.05) is 45.3 Å². The van der Waals surface area contributed by atoms with E-state index in [-0.39, 0.29) is 5.91 Å². The van der Waals surface area contributed by atoms with Crippen LogP contribution in [0, 0.1) is 13.8 Å². The molecule has 4 heterocycles. The molecule has 2 aromatic rings. The Kier molecular flexibility index (Phi) is 5.22. The third kappa shape index (κ3) is 3.89. The number of thiazole rings is 1. The van der Waals surface area contributed by atoms with E-state index in [1.807, 2.05) is 24.9 Å². The SMILES string of the molecule is Cc1nc(C)c(C(=O)N2CCN(c3cc(N4CCOCC4)cnn3)CC2)s1. The maximum atomic E-state index is 12.8. The average Bonchev–Trinajstić information content (AvgIpc) is 3.06. The second kappa shape index (κ2) is 7.77. The first-order chi connectivity index (χ1) is 13.1. The van der Waals surface area contributed by atoms with Crippen molar-refractivity contribution in [1.82, 2.24) is 20.1 Å². The van der Waals surface area contributed by atoms with Crippen molar-refractivity contribution in [3.63, 3.8) is 0 Å². The Labute approximate surface area is 162 Å². The second-order valence-electron chi connectivity index (χ2n) is 6.80. The first-order valence-corrected chi connectivity index (χ1v) is 10.1. The van der Waals surface area contributed by atoms with Crippen LogP contribution in [0.4, 0.5) is 11.5 Å². The highest BCUT2D eigenvalue weighted by Crippen LogP contribution is 2.23. The molecule has 4 rings (SSSR count). The maximum absolute atomic E-state index is 12.8. The molecule has 144 valence electrons. The quantitative estimate of drug-likeness (QED) is 0.786. The fourth-order valence-corrected chi connectivity index (χ4v) is 4.39. The van der Waals surface area contributed by atoms with Crippen LogP contribution in [0.25, 0.3) is 0 Å². The van der Waals surface area contributed by atoms with Crippen molar-refractivity contribution in [2.24, 2.45) is 0 Å². The highest BCUT2D eigenvalue weighted by molar-refractivity contribution is 7.13. The maximum Gasteiger partial charge on any atom is 0.265 e. The summed E-state index contributed by atoms with van der Waals surface area (Å²) >= 11 is 1.48. The lowest BCUT2D eigenvalue weighted by atomic mass is 10.2. The normalized spacial score (nSPS) is 18.1. The fourth-order valence-electron chi connectivity index (χ4n) is 3.51. The lowest BCUT2D eigenvalue weighted by molar-refractivity contribution is 0.0750. The fraction of sp³-hybridized carbons (Fsp3) is 0.556. The minimum Gasteiger partial charge on any atom is -0.378 e. The number of hydrogen-bond acceptors (Lipinski definition) is 8. The predicted octanol–water partition coefficient (Wildman–Crippen LogP) is 1.35. The molecule has 8 nitrogen and oxygen atoms in total. The van der Waals surface area contributed by atoms with Gasteiger partial charge < -0.3 is 19.4 Å². The monoisotopic (exact) mass is 388 g/mol. The van der Waals surface area contributed by atoms with Gasteiger partial charge in [-0.1, -0.05) is 0 Å². The number of rotatable bonds is 3. The molecule has 0 unspecified atom stereocenters. The summed E-state index contributed by atoms with van der Waals surface area (Å²) in [7, 11) is 0. The van der Waals surface area contributed by atoms with Gasteiger partial charge in [-0.2, -0.15) is 5.10 Å². The predicted molar refractivity (Wildman–Crippen MR) is 105 cm³/mol. The van der Waals surface area contributed by atoms with Gasteiger partial charge >= 0.3 is 0 Å². The summed E-state index contributed by atoms with van der Waals surface area (Å²) in [5.41, 5.74) is 1.91. The van der Waals surface area contributed by atoms with Gasteiger partial charge in [0.2, 0.25) is 0 Å². The van der Waals surface area contributed by atoms with Crippen molar-refractivity contribution in [2.45, 2.75) is 13.8 Å². The zero-order chi connectivity index (χ0) is 18.8. The number of ether oxygens (including phenoxy) is 1. The van der Waals surface area contributed by atoms with Gasteiger partial charge in [-0.25, -0.2) is 4.98 Å². The van der Waals surface area contributed by atoms with Crippen molar-refractivity contribution in [3.05, 3.63) is 27.8 Å². The molecule has 0 saturated carbocycles. The van der Waals surface area contributed by atoms with Crippen LogP contribution in [-0.2, 0) is 4.74 Å². The molecule has 9 heteroatoms. The second-order valence-corrected chi connectivity index (χ2v) is 8.00. The Bertz CT molecular complexity index is 812. The molecule has 0 atom stereocenters. The summed E-state index contributed by atoms with van der Waals surface area (Å²) in [6, 6.07) is 2.09. The van der Waals surface area contributed by atoms with Crippen LogP contribution in [0.1, 0.15) is 20.4 Å². The van der Waals surface area contributed by atoms with Crippen LogP contribution < -0.4 is 9.80 Å². The number of morpholine rings is 1. The summed E-state index contributed by atoms with van der Waals surface area (Å²) in [5.74, 6) is 0.960. The molecule has 2 aliphatic heterocycles. The number of aryl methyl sites for hydroxylation is 2. The van der Waals surface area contributed by atoms with E-state index in [2.05, 4.69) is 31.0 Å². The number of aromatic nitrogens is 3. The summed E-state index contributed by atoms with van der Waals surface area (Å²) < 4.78 is 5.42. The molecule has 0 bridgehead atoms. The minimum absolute atomic E-state index is 0.0888. The van der Waals surface area contributed by atoms with E-state index < -0.39 is 0 Å². The highest BCUT2D eigenvalue weighted by Gasteiger charge is 2.26. The molecular weight excluding hydrogens is 364 g/mol. The van der Waals surface area contributed by atoms with Crippen LogP contribution in [0.3, 0.4) is 0 Å². The van der Waals surface area contributed by atoms with Crippen LogP contribution in [0.5, 0.6) is 0 Å². The molecule has 2 aliphatic rings. The van der Waals surface area contributed by atoms with E-state index >= 15 is 0 Å². The van der Waals surface area contributed by atoms with E-state index in [9.17, 15) is 4.79 Å². The molecular formula is C18H24N6O2S. The van der Waals surface area contributed by atoms with Crippen LogP contribution in [0.2, 0.25) is 0 Å². The zero-order valence-corrected chi connectivity index (χ0v) is 16.5. The van der Waals surface area contributed by atoms with Gasteiger partial charge in [0.05, 0.1) is 35.8 Å².